The molecule has 2 rings (SSSR count). The highest BCUT2D eigenvalue weighted by atomic mass is 32.2. The number of benzene rings is 1. The van der Waals surface area contributed by atoms with Crippen LogP contribution in [0.5, 0.6) is 5.75 Å². The van der Waals surface area contributed by atoms with Crippen molar-refractivity contribution >= 4 is 40.3 Å². The topological polar surface area (TPSA) is 26.3 Å². The van der Waals surface area contributed by atoms with E-state index >= 15 is 0 Å². The Balaban J connectivity index is 2.77. The minimum Gasteiger partial charge on any atom is -0.494 e. The average Bonchev–Trinajstić information content (AvgIpc) is 2.52. The number of hydrogen-bond donors (Lipinski definition) is 1. The normalized spacial score (nSPS) is 10.4. The van der Waals surface area contributed by atoms with Gasteiger partial charge in [-0.05, 0) is 12.1 Å². The van der Waals surface area contributed by atoms with Crippen LogP contribution < -0.4 is 4.74 Å². The molecule has 2 nitrogen and oxygen atoms in total. The molecular formula is C10H8O2S2. The van der Waals surface area contributed by atoms with Gasteiger partial charge in [-0.25, -0.2) is 0 Å². The molecule has 0 saturated heterocycles. The number of carbonyl (C=O) groups excluding carboxylic acids is 1. The second kappa shape index (κ2) is 3.63. The molecule has 0 fully saturated rings. The van der Waals surface area contributed by atoms with Crippen molar-refractivity contribution in [3.05, 3.63) is 23.8 Å². The Morgan fingerprint density at radius 3 is 2.93 bits per heavy atom. The average molecular weight is 224 g/mol. The number of hydrogen-bond acceptors (Lipinski definition) is 4. The zero-order chi connectivity index (χ0) is 10.1. The number of thiophene rings is 1. The monoisotopic (exact) mass is 224 g/mol. The quantitative estimate of drug-likeness (QED) is 0.627. The molecule has 0 spiro atoms. The van der Waals surface area contributed by atoms with Gasteiger partial charge in [-0.1, -0.05) is 6.07 Å². The molecule has 0 N–H and O–H groups in total. The van der Waals surface area contributed by atoms with Crippen molar-refractivity contribution in [2.45, 2.75) is 4.21 Å². The van der Waals surface area contributed by atoms with E-state index in [0.717, 1.165) is 26.3 Å². The van der Waals surface area contributed by atoms with Crippen LogP contribution in [0.15, 0.2) is 22.4 Å². The summed E-state index contributed by atoms with van der Waals surface area (Å²) in [4.78, 5) is 10.6. The van der Waals surface area contributed by atoms with Crippen LogP contribution in [0.2, 0.25) is 0 Å². The van der Waals surface area contributed by atoms with E-state index in [2.05, 4.69) is 12.6 Å². The van der Waals surface area contributed by atoms with Crippen molar-refractivity contribution < 1.29 is 9.53 Å². The molecule has 4 heteroatoms. The minimum atomic E-state index is 0.655. The van der Waals surface area contributed by atoms with Crippen LogP contribution in [0.4, 0.5) is 0 Å². The summed E-state index contributed by atoms with van der Waals surface area (Å²) in [5.74, 6) is 0.747. The second-order valence-electron chi connectivity index (χ2n) is 2.81. The highest BCUT2D eigenvalue weighted by Gasteiger charge is 2.09. The van der Waals surface area contributed by atoms with Crippen LogP contribution in [0, 0.1) is 0 Å². The molecule has 0 aliphatic heterocycles. The molecule has 0 radical (unpaired) electrons. The number of fused-ring (bicyclic) bond motifs is 1. The van der Waals surface area contributed by atoms with Crippen molar-refractivity contribution in [3.63, 3.8) is 0 Å². The number of methoxy groups -OCH3 is 1. The van der Waals surface area contributed by atoms with Crippen LogP contribution in [-0.2, 0) is 0 Å². The Morgan fingerprint density at radius 1 is 1.50 bits per heavy atom. The van der Waals surface area contributed by atoms with Gasteiger partial charge < -0.3 is 4.74 Å². The number of aldehydes is 1. The largest absolute Gasteiger partial charge is 0.494 e. The van der Waals surface area contributed by atoms with Gasteiger partial charge in [-0.15, -0.1) is 24.0 Å². The van der Waals surface area contributed by atoms with Crippen LogP contribution in [0.1, 0.15) is 10.4 Å². The summed E-state index contributed by atoms with van der Waals surface area (Å²) in [6.45, 7) is 0. The van der Waals surface area contributed by atoms with Crippen molar-refractivity contribution in [2.75, 3.05) is 7.11 Å². The van der Waals surface area contributed by atoms with E-state index in [1.165, 1.54) is 0 Å². The molecule has 0 amide bonds. The fourth-order valence-corrected chi connectivity index (χ4v) is 2.75. The van der Waals surface area contributed by atoms with Gasteiger partial charge in [0.25, 0.3) is 0 Å². The highest BCUT2D eigenvalue weighted by molar-refractivity contribution is 7.83. The van der Waals surface area contributed by atoms with Gasteiger partial charge in [-0.2, -0.15) is 0 Å². The first-order valence-corrected chi connectivity index (χ1v) is 5.27. The van der Waals surface area contributed by atoms with E-state index < -0.39 is 0 Å². The van der Waals surface area contributed by atoms with E-state index in [-0.39, 0.29) is 0 Å². The Kier molecular flexibility index (Phi) is 2.48. The van der Waals surface area contributed by atoms with Gasteiger partial charge in [0.1, 0.15) is 10.5 Å². The summed E-state index contributed by atoms with van der Waals surface area (Å²) in [6.07, 6.45) is 0.828. The maximum absolute atomic E-state index is 10.6. The Labute approximate surface area is 90.9 Å². The first-order chi connectivity index (χ1) is 6.76. The Bertz CT molecular complexity index is 488. The van der Waals surface area contributed by atoms with Gasteiger partial charge >= 0.3 is 0 Å². The molecule has 72 valence electrons. The standard InChI is InChI=1S/C10H8O2S2/c1-12-9-7-4-6(5-11)2-3-8(7)14-10(9)13/h2-5,13H,1H3. The van der Waals surface area contributed by atoms with Gasteiger partial charge in [0.2, 0.25) is 0 Å². The summed E-state index contributed by atoms with van der Waals surface area (Å²) >= 11 is 5.85. The predicted octanol–water partition coefficient (Wildman–Crippen LogP) is 3.01. The summed E-state index contributed by atoms with van der Waals surface area (Å²) in [5.41, 5.74) is 0.655. The minimum absolute atomic E-state index is 0.655. The van der Waals surface area contributed by atoms with Crippen molar-refractivity contribution in [1.82, 2.24) is 0 Å². The lowest BCUT2D eigenvalue weighted by Gasteiger charge is -1.98. The van der Waals surface area contributed by atoms with Crippen LogP contribution in [-0.4, -0.2) is 13.4 Å². The van der Waals surface area contributed by atoms with Gasteiger partial charge in [0, 0.05) is 15.6 Å². The van der Waals surface area contributed by atoms with Crippen molar-refractivity contribution in [3.8, 4) is 5.75 Å². The molecule has 2 aromatic rings. The van der Waals surface area contributed by atoms with Gasteiger partial charge in [0.05, 0.1) is 7.11 Å². The fourth-order valence-electron chi connectivity index (χ4n) is 1.35. The van der Waals surface area contributed by atoms with E-state index in [1.807, 2.05) is 12.1 Å². The molecule has 0 bridgehead atoms. The molecular weight excluding hydrogens is 216 g/mol. The zero-order valence-electron chi connectivity index (χ0n) is 7.48. The number of rotatable bonds is 2. The number of thiol groups is 1. The molecule has 1 aromatic carbocycles. The third-order valence-corrected chi connectivity index (χ3v) is 3.42. The molecule has 0 atom stereocenters. The van der Waals surface area contributed by atoms with Crippen LogP contribution >= 0.6 is 24.0 Å². The second-order valence-corrected chi connectivity index (χ2v) is 4.62. The summed E-state index contributed by atoms with van der Waals surface area (Å²) in [5, 5.41) is 0.951. The van der Waals surface area contributed by atoms with E-state index in [4.69, 9.17) is 4.74 Å². The molecule has 0 aliphatic carbocycles. The third-order valence-electron chi connectivity index (χ3n) is 1.99. The molecule has 1 aromatic heterocycles. The lowest BCUT2D eigenvalue weighted by Crippen LogP contribution is -1.82. The third kappa shape index (κ3) is 1.40. The zero-order valence-corrected chi connectivity index (χ0v) is 9.19. The Hall–Kier alpha value is -1.00. The maximum Gasteiger partial charge on any atom is 0.150 e. The number of ether oxygens (including phenoxy) is 1. The summed E-state index contributed by atoms with van der Waals surface area (Å²) in [7, 11) is 1.61. The predicted molar refractivity (Wildman–Crippen MR) is 61.0 cm³/mol. The maximum atomic E-state index is 10.6. The van der Waals surface area contributed by atoms with Crippen molar-refractivity contribution in [2.24, 2.45) is 0 Å². The van der Waals surface area contributed by atoms with Crippen molar-refractivity contribution in [1.29, 1.82) is 0 Å². The molecule has 0 aliphatic rings. The van der Waals surface area contributed by atoms with Crippen LogP contribution in [0.3, 0.4) is 0 Å². The fraction of sp³-hybridized carbons (Fsp3) is 0.100. The first-order valence-electron chi connectivity index (χ1n) is 4.01. The van der Waals surface area contributed by atoms with E-state index in [0.29, 0.717) is 5.56 Å². The smallest absolute Gasteiger partial charge is 0.150 e. The summed E-state index contributed by atoms with van der Waals surface area (Å²) in [6, 6.07) is 5.52. The SMILES string of the molecule is COc1c(S)sc2ccc(C=O)cc12. The molecule has 1 heterocycles. The van der Waals surface area contributed by atoms with Crippen LogP contribution in [0.25, 0.3) is 10.1 Å². The lowest BCUT2D eigenvalue weighted by molar-refractivity contribution is 0.112. The molecule has 0 unspecified atom stereocenters. The van der Waals surface area contributed by atoms with Gasteiger partial charge in [0.15, 0.2) is 5.75 Å². The first kappa shape index (κ1) is 9.55. The van der Waals surface area contributed by atoms with E-state index in [9.17, 15) is 4.79 Å². The van der Waals surface area contributed by atoms with E-state index in [1.54, 1.807) is 24.5 Å². The van der Waals surface area contributed by atoms with Gasteiger partial charge in [-0.3, -0.25) is 4.79 Å². The lowest BCUT2D eigenvalue weighted by atomic mass is 10.2. The highest BCUT2D eigenvalue weighted by Crippen LogP contribution is 2.40. The summed E-state index contributed by atoms with van der Waals surface area (Å²) < 4.78 is 7.14. The Morgan fingerprint density at radius 2 is 2.29 bits per heavy atom. The molecule has 14 heavy (non-hydrogen) atoms. The molecule has 0 saturated carbocycles. The number of carbonyl (C=O) groups is 1.